The largest absolute Gasteiger partial charge is 0.489 e. The van der Waals surface area contributed by atoms with Gasteiger partial charge in [0.1, 0.15) is 12.4 Å². The van der Waals surface area contributed by atoms with Crippen molar-refractivity contribution in [3.05, 3.63) is 41.5 Å². The van der Waals surface area contributed by atoms with Gasteiger partial charge in [0.15, 0.2) is 0 Å². The molecule has 0 saturated heterocycles. The fourth-order valence-electron chi connectivity index (χ4n) is 0.906. The van der Waals surface area contributed by atoms with Crippen molar-refractivity contribution in [1.29, 1.82) is 5.26 Å². The maximum atomic E-state index is 8.58. The second kappa shape index (κ2) is 5.08. The molecule has 0 atom stereocenters. The SMILES string of the molecule is C/C=C(\C)COc1ccc(C#N)cc1. The number of ether oxygens (including phenoxy) is 1. The number of hydrogen-bond donors (Lipinski definition) is 0. The average Bonchev–Trinajstić information content (AvgIpc) is 2.26. The van der Waals surface area contributed by atoms with E-state index in [1.165, 1.54) is 5.57 Å². The van der Waals surface area contributed by atoms with Gasteiger partial charge in [-0.3, -0.25) is 0 Å². The Balaban J connectivity index is 2.57. The summed E-state index contributed by atoms with van der Waals surface area (Å²) in [5, 5.41) is 8.58. The standard InChI is InChI=1S/C12H13NO/c1-3-10(2)9-14-12-6-4-11(8-13)5-7-12/h3-7H,9H2,1-2H3/b10-3+. The van der Waals surface area contributed by atoms with Gasteiger partial charge >= 0.3 is 0 Å². The van der Waals surface area contributed by atoms with Crippen LogP contribution in [0.15, 0.2) is 35.9 Å². The number of allylic oxidation sites excluding steroid dienone is 1. The number of nitriles is 1. The minimum Gasteiger partial charge on any atom is -0.489 e. The Hall–Kier alpha value is -1.75. The van der Waals surface area contributed by atoms with E-state index in [1.807, 2.05) is 32.1 Å². The molecular weight excluding hydrogens is 174 g/mol. The molecule has 1 aromatic rings. The van der Waals surface area contributed by atoms with Gasteiger partial charge in [-0.1, -0.05) is 6.08 Å². The molecule has 0 radical (unpaired) electrons. The highest BCUT2D eigenvalue weighted by Gasteiger charge is 1.94. The molecule has 0 saturated carbocycles. The molecule has 0 aliphatic heterocycles. The molecule has 1 aromatic carbocycles. The summed E-state index contributed by atoms with van der Waals surface area (Å²) in [7, 11) is 0. The van der Waals surface area contributed by atoms with E-state index in [4.69, 9.17) is 10.00 Å². The van der Waals surface area contributed by atoms with Gasteiger partial charge in [-0.2, -0.15) is 5.26 Å². The fourth-order valence-corrected chi connectivity index (χ4v) is 0.906. The first kappa shape index (κ1) is 10.3. The Bertz CT molecular complexity index is 357. The average molecular weight is 187 g/mol. The van der Waals surface area contributed by atoms with Gasteiger partial charge in [0.05, 0.1) is 11.6 Å². The molecular formula is C12H13NO. The number of rotatable bonds is 3. The van der Waals surface area contributed by atoms with Crippen LogP contribution in [-0.2, 0) is 0 Å². The highest BCUT2D eigenvalue weighted by atomic mass is 16.5. The van der Waals surface area contributed by atoms with E-state index in [-0.39, 0.29) is 0 Å². The van der Waals surface area contributed by atoms with E-state index in [1.54, 1.807) is 12.1 Å². The Labute approximate surface area is 84.4 Å². The molecule has 14 heavy (non-hydrogen) atoms. The molecule has 2 heteroatoms. The smallest absolute Gasteiger partial charge is 0.119 e. The van der Waals surface area contributed by atoms with Crippen molar-refractivity contribution in [1.82, 2.24) is 0 Å². The Morgan fingerprint density at radius 3 is 2.57 bits per heavy atom. The van der Waals surface area contributed by atoms with Crippen molar-refractivity contribution >= 4 is 0 Å². The van der Waals surface area contributed by atoms with Crippen LogP contribution in [-0.4, -0.2) is 6.61 Å². The molecule has 0 fully saturated rings. The first-order valence-corrected chi connectivity index (χ1v) is 4.51. The molecule has 0 spiro atoms. The summed E-state index contributed by atoms with van der Waals surface area (Å²) in [4.78, 5) is 0. The first-order chi connectivity index (χ1) is 6.76. The third-order valence-electron chi connectivity index (χ3n) is 1.94. The zero-order chi connectivity index (χ0) is 10.4. The van der Waals surface area contributed by atoms with E-state index < -0.39 is 0 Å². The lowest BCUT2D eigenvalue weighted by Crippen LogP contribution is -1.97. The molecule has 72 valence electrons. The molecule has 0 bridgehead atoms. The Morgan fingerprint density at radius 2 is 2.07 bits per heavy atom. The van der Waals surface area contributed by atoms with Gasteiger partial charge in [-0.15, -0.1) is 0 Å². The fraction of sp³-hybridized carbons (Fsp3) is 0.250. The lowest BCUT2D eigenvalue weighted by molar-refractivity contribution is 0.352. The molecule has 0 aliphatic rings. The lowest BCUT2D eigenvalue weighted by atomic mass is 10.2. The highest BCUT2D eigenvalue weighted by molar-refractivity contribution is 5.34. The van der Waals surface area contributed by atoms with Crippen LogP contribution >= 0.6 is 0 Å². The van der Waals surface area contributed by atoms with Crippen molar-refractivity contribution in [2.75, 3.05) is 6.61 Å². The predicted molar refractivity (Wildman–Crippen MR) is 56.1 cm³/mol. The van der Waals surface area contributed by atoms with E-state index in [2.05, 4.69) is 6.07 Å². The van der Waals surface area contributed by atoms with Crippen LogP contribution in [0.2, 0.25) is 0 Å². The summed E-state index contributed by atoms with van der Waals surface area (Å²) in [5.74, 6) is 0.796. The third-order valence-corrected chi connectivity index (χ3v) is 1.94. The van der Waals surface area contributed by atoms with Crippen LogP contribution in [0.3, 0.4) is 0 Å². The van der Waals surface area contributed by atoms with Crippen LogP contribution < -0.4 is 4.74 Å². The van der Waals surface area contributed by atoms with E-state index in [0.717, 1.165) is 5.75 Å². The minimum atomic E-state index is 0.600. The summed E-state index contributed by atoms with van der Waals surface area (Å²) < 4.78 is 5.48. The predicted octanol–water partition coefficient (Wildman–Crippen LogP) is 2.90. The van der Waals surface area contributed by atoms with E-state index in [0.29, 0.717) is 12.2 Å². The van der Waals surface area contributed by atoms with Gasteiger partial charge in [-0.25, -0.2) is 0 Å². The van der Waals surface area contributed by atoms with Gasteiger partial charge in [0.25, 0.3) is 0 Å². The third kappa shape index (κ3) is 2.95. The van der Waals surface area contributed by atoms with Crippen molar-refractivity contribution in [3.63, 3.8) is 0 Å². The van der Waals surface area contributed by atoms with Crippen molar-refractivity contribution in [3.8, 4) is 11.8 Å². The first-order valence-electron chi connectivity index (χ1n) is 4.51. The monoisotopic (exact) mass is 187 g/mol. The summed E-state index contributed by atoms with van der Waals surface area (Å²) in [6.07, 6.45) is 2.02. The number of hydrogen-bond acceptors (Lipinski definition) is 2. The second-order valence-electron chi connectivity index (χ2n) is 3.06. The normalized spacial score (nSPS) is 10.8. The summed E-state index contributed by atoms with van der Waals surface area (Å²) in [6, 6.07) is 9.18. The zero-order valence-electron chi connectivity index (χ0n) is 8.45. The zero-order valence-corrected chi connectivity index (χ0v) is 8.45. The summed E-state index contributed by atoms with van der Waals surface area (Å²) >= 11 is 0. The number of benzene rings is 1. The van der Waals surface area contributed by atoms with Crippen LogP contribution in [0.25, 0.3) is 0 Å². The van der Waals surface area contributed by atoms with Crippen LogP contribution in [0.1, 0.15) is 19.4 Å². The Kier molecular flexibility index (Phi) is 3.75. The summed E-state index contributed by atoms with van der Waals surface area (Å²) in [5.41, 5.74) is 1.84. The molecule has 0 heterocycles. The quantitative estimate of drug-likeness (QED) is 0.681. The maximum Gasteiger partial charge on any atom is 0.119 e. The minimum absolute atomic E-state index is 0.600. The second-order valence-corrected chi connectivity index (χ2v) is 3.06. The van der Waals surface area contributed by atoms with Gasteiger partial charge < -0.3 is 4.74 Å². The lowest BCUT2D eigenvalue weighted by Gasteiger charge is -2.05. The topological polar surface area (TPSA) is 33.0 Å². The van der Waals surface area contributed by atoms with Gasteiger partial charge in [0, 0.05) is 0 Å². The summed E-state index contributed by atoms with van der Waals surface area (Å²) in [6.45, 7) is 4.60. The highest BCUT2D eigenvalue weighted by Crippen LogP contribution is 2.12. The van der Waals surface area contributed by atoms with E-state index in [9.17, 15) is 0 Å². The van der Waals surface area contributed by atoms with Crippen molar-refractivity contribution in [2.45, 2.75) is 13.8 Å². The number of nitrogens with zero attached hydrogens (tertiary/aromatic N) is 1. The molecule has 0 amide bonds. The van der Waals surface area contributed by atoms with Crippen molar-refractivity contribution in [2.24, 2.45) is 0 Å². The maximum absolute atomic E-state index is 8.58. The van der Waals surface area contributed by atoms with Gasteiger partial charge in [0.2, 0.25) is 0 Å². The molecule has 0 aromatic heterocycles. The molecule has 2 nitrogen and oxygen atoms in total. The molecule has 1 rings (SSSR count). The van der Waals surface area contributed by atoms with E-state index >= 15 is 0 Å². The Morgan fingerprint density at radius 1 is 1.43 bits per heavy atom. The van der Waals surface area contributed by atoms with Crippen LogP contribution in [0, 0.1) is 11.3 Å². The van der Waals surface area contributed by atoms with Crippen LogP contribution in [0.5, 0.6) is 5.75 Å². The molecule has 0 N–H and O–H groups in total. The molecule has 0 aliphatic carbocycles. The molecule has 0 unspecified atom stereocenters. The van der Waals surface area contributed by atoms with Crippen LogP contribution in [0.4, 0.5) is 0 Å². The van der Waals surface area contributed by atoms with Gasteiger partial charge in [-0.05, 0) is 43.7 Å². The van der Waals surface area contributed by atoms with Crippen molar-refractivity contribution < 1.29 is 4.74 Å².